The van der Waals surface area contributed by atoms with E-state index in [-0.39, 0.29) is 17.7 Å². The van der Waals surface area contributed by atoms with E-state index < -0.39 is 0 Å². The van der Waals surface area contributed by atoms with Gasteiger partial charge in [0.2, 0.25) is 0 Å². The Morgan fingerprint density at radius 2 is 2.19 bits per heavy atom. The number of rotatable bonds is 6. The number of thioether (sulfide) groups is 1. The molecule has 1 fully saturated rings. The van der Waals surface area contributed by atoms with Gasteiger partial charge in [0.1, 0.15) is 5.82 Å². The lowest BCUT2D eigenvalue weighted by Gasteiger charge is -2.31. The molecule has 0 amide bonds. The van der Waals surface area contributed by atoms with E-state index in [0.29, 0.717) is 6.61 Å². The zero-order valence-electron chi connectivity index (χ0n) is 12.4. The fourth-order valence-corrected chi connectivity index (χ4v) is 3.45. The molecule has 0 spiro atoms. The van der Waals surface area contributed by atoms with Crippen molar-refractivity contribution in [3.05, 3.63) is 30.1 Å². The number of carbonyl (C=O) groups excluding carboxylic acids is 1. The molecule has 1 saturated heterocycles. The van der Waals surface area contributed by atoms with E-state index in [2.05, 4.69) is 4.90 Å². The average Bonchev–Trinajstić information content (AvgIpc) is 2.50. The summed E-state index contributed by atoms with van der Waals surface area (Å²) in [6.45, 7) is 5.08. The van der Waals surface area contributed by atoms with E-state index in [0.717, 1.165) is 43.1 Å². The maximum absolute atomic E-state index is 12.8. The average molecular weight is 311 g/mol. The number of nitrogens with zero attached hydrogens (tertiary/aromatic N) is 1. The highest BCUT2D eigenvalue weighted by Crippen LogP contribution is 2.21. The van der Waals surface area contributed by atoms with Crippen molar-refractivity contribution in [1.29, 1.82) is 0 Å². The molecule has 1 heterocycles. The molecule has 1 atom stereocenters. The lowest BCUT2D eigenvalue weighted by Crippen LogP contribution is -2.40. The van der Waals surface area contributed by atoms with Crippen molar-refractivity contribution in [2.24, 2.45) is 5.92 Å². The third kappa shape index (κ3) is 5.32. The van der Waals surface area contributed by atoms with Crippen LogP contribution in [0.25, 0.3) is 0 Å². The minimum Gasteiger partial charge on any atom is -0.466 e. The standard InChI is InChI=1S/C16H22FNO2S/c1-2-20-16(19)13-4-3-9-18(12-13)10-11-21-15-7-5-14(17)6-8-15/h5-8,13H,2-4,9-12H2,1H3. The maximum atomic E-state index is 12.8. The number of hydrogen-bond donors (Lipinski definition) is 0. The number of piperidine rings is 1. The van der Waals surface area contributed by atoms with Crippen LogP contribution in [-0.2, 0) is 9.53 Å². The predicted octanol–water partition coefficient (Wildman–Crippen LogP) is 3.19. The van der Waals surface area contributed by atoms with Crippen molar-refractivity contribution in [1.82, 2.24) is 4.90 Å². The first-order chi connectivity index (χ1) is 10.2. The summed E-state index contributed by atoms with van der Waals surface area (Å²) in [7, 11) is 0. The van der Waals surface area contributed by atoms with Gasteiger partial charge in [-0.05, 0) is 50.6 Å². The third-order valence-electron chi connectivity index (χ3n) is 3.62. The van der Waals surface area contributed by atoms with Gasteiger partial charge in [-0.25, -0.2) is 4.39 Å². The van der Waals surface area contributed by atoms with E-state index in [1.54, 1.807) is 23.9 Å². The molecule has 116 valence electrons. The Bertz CT molecular complexity index is 452. The Morgan fingerprint density at radius 3 is 2.90 bits per heavy atom. The summed E-state index contributed by atoms with van der Waals surface area (Å²) < 4.78 is 17.9. The summed E-state index contributed by atoms with van der Waals surface area (Å²) in [6.07, 6.45) is 1.98. The van der Waals surface area contributed by atoms with Gasteiger partial charge in [-0.15, -0.1) is 11.8 Å². The Labute approximate surface area is 129 Å². The van der Waals surface area contributed by atoms with Crippen LogP contribution in [0.3, 0.4) is 0 Å². The van der Waals surface area contributed by atoms with Gasteiger partial charge >= 0.3 is 5.97 Å². The van der Waals surface area contributed by atoms with Crippen LogP contribution in [0.15, 0.2) is 29.2 Å². The van der Waals surface area contributed by atoms with Crippen molar-refractivity contribution in [3.8, 4) is 0 Å². The molecule has 2 rings (SSSR count). The SMILES string of the molecule is CCOC(=O)C1CCCN(CCSc2ccc(F)cc2)C1. The van der Waals surface area contributed by atoms with Gasteiger partial charge in [-0.2, -0.15) is 0 Å². The third-order valence-corrected chi connectivity index (χ3v) is 4.61. The predicted molar refractivity (Wildman–Crippen MR) is 82.9 cm³/mol. The first kappa shape index (κ1) is 16.3. The molecule has 1 aromatic rings. The van der Waals surface area contributed by atoms with Crippen LogP contribution in [0.1, 0.15) is 19.8 Å². The van der Waals surface area contributed by atoms with E-state index in [9.17, 15) is 9.18 Å². The molecule has 21 heavy (non-hydrogen) atoms. The summed E-state index contributed by atoms with van der Waals surface area (Å²) in [5, 5.41) is 0. The van der Waals surface area contributed by atoms with Crippen molar-refractivity contribution >= 4 is 17.7 Å². The molecular weight excluding hydrogens is 289 g/mol. The van der Waals surface area contributed by atoms with Gasteiger partial charge in [-0.1, -0.05) is 0 Å². The highest BCUT2D eigenvalue weighted by molar-refractivity contribution is 7.99. The molecule has 0 radical (unpaired) electrons. The molecule has 0 saturated carbocycles. The molecule has 0 bridgehead atoms. The van der Waals surface area contributed by atoms with Crippen LogP contribution >= 0.6 is 11.8 Å². The molecule has 1 unspecified atom stereocenters. The first-order valence-corrected chi connectivity index (χ1v) is 8.45. The zero-order chi connectivity index (χ0) is 15.1. The Kier molecular flexibility index (Phi) is 6.51. The Balaban J connectivity index is 1.72. The fraction of sp³-hybridized carbons (Fsp3) is 0.562. The smallest absolute Gasteiger partial charge is 0.310 e. The lowest BCUT2D eigenvalue weighted by atomic mass is 9.98. The van der Waals surface area contributed by atoms with Crippen LogP contribution in [0.5, 0.6) is 0 Å². The summed E-state index contributed by atoms with van der Waals surface area (Å²) in [4.78, 5) is 15.2. The van der Waals surface area contributed by atoms with Gasteiger partial charge in [0.05, 0.1) is 12.5 Å². The van der Waals surface area contributed by atoms with Crippen LogP contribution in [0.2, 0.25) is 0 Å². The second kappa shape index (κ2) is 8.39. The number of ether oxygens (including phenoxy) is 1. The zero-order valence-corrected chi connectivity index (χ0v) is 13.2. The molecule has 1 aromatic carbocycles. The molecule has 1 aliphatic rings. The minimum atomic E-state index is -0.201. The highest BCUT2D eigenvalue weighted by Gasteiger charge is 2.26. The highest BCUT2D eigenvalue weighted by atomic mass is 32.2. The number of benzene rings is 1. The Morgan fingerprint density at radius 1 is 1.43 bits per heavy atom. The number of esters is 1. The quantitative estimate of drug-likeness (QED) is 0.596. The second-order valence-corrected chi connectivity index (χ2v) is 6.36. The number of hydrogen-bond acceptors (Lipinski definition) is 4. The van der Waals surface area contributed by atoms with Crippen LogP contribution in [0, 0.1) is 11.7 Å². The molecule has 0 aromatic heterocycles. The van der Waals surface area contributed by atoms with Gasteiger partial charge in [0.15, 0.2) is 0 Å². The van der Waals surface area contributed by atoms with Crippen molar-refractivity contribution in [3.63, 3.8) is 0 Å². The summed E-state index contributed by atoms with van der Waals surface area (Å²) in [5.74, 6) is 0.705. The number of halogens is 1. The van der Waals surface area contributed by atoms with Crippen molar-refractivity contribution in [2.45, 2.75) is 24.7 Å². The number of carbonyl (C=O) groups is 1. The van der Waals surface area contributed by atoms with Crippen molar-refractivity contribution in [2.75, 3.05) is 32.0 Å². The monoisotopic (exact) mass is 311 g/mol. The largest absolute Gasteiger partial charge is 0.466 e. The first-order valence-electron chi connectivity index (χ1n) is 7.46. The second-order valence-electron chi connectivity index (χ2n) is 5.19. The van der Waals surface area contributed by atoms with E-state index in [1.807, 2.05) is 6.92 Å². The van der Waals surface area contributed by atoms with E-state index in [4.69, 9.17) is 4.74 Å². The molecule has 1 aliphatic heterocycles. The van der Waals surface area contributed by atoms with Crippen LogP contribution < -0.4 is 0 Å². The summed E-state index contributed by atoms with van der Waals surface area (Å²) in [5.41, 5.74) is 0. The van der Waals surface area contributed by atoms with Gasteiger partial charge in [0, 0.05) is 23.7 Å². The topological polar surface area (TPSA) is 29.5 Å². The van der Waals surface area contributed by atoms with Gasteiger partial charge in [-0.3, -0.25) is 4.79 Å². The maximum Gasteiger partial charge on any atom is 0.310 e. The molecule has 0 aliphatic carbocycles. The molecule has 3 nitrogen and oxygen atoms in total. The van der Waals surface area contributed by atoms with E-state index in [1.165, 1.54) is 12.1 Å². The molecule has 5 heteroatoms. The van der Waals surface area contributed by atoms with E-state index >= 15 is 0 Å². The summed E-state index contributed by atoms with van der Waals surface area (Å²) in [6, 6.07) is 6.58. The molecule has 0 N–H and O–H groups in total. The summed E-state index contributed by atoms with van der Waals surface area (Å²) >= 11 is 1.72. The lowest BCUT2D eigenvalue weighted by molar-refractivity contribution is -0.149. The normalized spacial score (nSPS) is 19.4. The van der Waals surface area contributed by atoms with Gasteiger partial charge in [0.25, 0.3) is 0 Å². The molecular formula is C16H22FNO2S. The van der Waals surface area contributed by atoms with Crippen LogP contribution in [-0.4, -0.2) is 42.9 Å². The van der Waals surface area contributed by atoms with Gasteiger partial charge < -0.3 is 9.64 Å². The van der Waals surface area contributed by atoms with Crippen LogP contribution in [0.4, 0.5) is 4.39 Å². The number of likely N-dealkylation sites (tertiary alicyclic amines) is 1. The minimum absolute atomic E-state index is 0.0227. The fourth-order valence-electron chi connectivity index (χ4n) is 2.53. The van der Waals surface area contributed by atoms with Crippen molar-refractivity contribution < 1.29 is 13.9 Å². The Hall–Kier alpha value is -1.07.